The van der Waals surface area contributed by atoms with Crippen molar-refractivity contribution in [2.75, 3.05) is 18.1 Å². The number of carbonyl (C=O) groups excluding carboxylic acids is 1. The quantitative estimate of drug-likeness (QED) is 0.861. The Labute approximate surface area is 169 Å². The number of hydrogen-bond donors (Lipinski definition) is 1. The first-order valence-corrected chi connectivity index (χ1v) is 7.95. The van der Waals surface area contributed by atoms with Gasteiger partial charge in [0.05, 0.1) is 12.2 Å². The number of nitrogens with zero attached hydrogens (tertiary/aromatic N) is 2. The van der Waals surface area contributed by atoms with Gasteiger partial charge in [-0.2, -0.15) is 0 Å². The van der Waals surface area contributed by atoms with Crippen molar-refractivity contribution in [1.82, 2.24) is 4.90 Å². The van der Waals surface area contributed by atoms with Crippen LogP contribution in [-0.4, -0.2) is 64.7 Å². The molecule has 0 saturated carbocycles. The van der Waals surface area contributed by atoms with E-state index in [4.69, 9.17) is 5.11 Å². The zero-order valence-corrected chi connectivity index (χ0v) is 13.6. The summed E-state index contributed by atoms with van der Waals surface area (Å²) in [5, 5.41) is 8.96. The summed E-state index contributed by atoms with van der Waals surface area (Å²) in [6.45, 7) is 3.95. The molecule has 0 unspecified atom stereocenters. The van der Waals surface area contributed by atoms with Crippen LogP contribution < -0.4 is 4.90 Å². The minimum absolute atomic E-state index is 0. The zero-order valence-electron chi connectivity index (χ0n) is 13.6. The molecule has 1 fully saturated rings. The SMILES string of the molecule is Cc1ccccc1N1CN(Cc2ccc(C(=O)O)cc2)CCC1=O.[NaH]. The second-order valence-corrected chi connectivity index (χ2v) is 6.05. The van der Waals surface area contributed by atoms with Crippen LogP contribution in [0.4, 0.5) is 5.69 Å². The van der Waals surface area contributed by atoms with Crippen molar-refractivity contribution in [1.29, 1.82) is 0 Å². The van der Waals surface area contributed by atoms with E-state index < -0.39 is 5.97 Å². The maximum absolute atomic E-state index is 12.3. The van der Waals surface area contributed by atoms with E-state index in [-0.39, 0.29) is 41.0 Å². The molecule has 2 aromatic carbocycles. The molecule has 3 rings (SSSR count). The summed E-state index contributed by atoms with van der Waals surface area (Å²) in [5.41, 5.74) is 3.36. The summed E-state index contributed by atoms with van der Waals surface area (Å²) in [5.74, 6) is -0.780. The number of carbonyl (C=O) groups is 2. The van der Waals surface area contributed by atoms with E-state index in [1.165, 1.54) is 0 Å². The topological polar surface area (TPSA) is 60.9 Å². The molecule has 0 bridgehead atoms. The molecule has 1 aliphatic heterocycles. The van der Waals surface area contributed by atoms with E-state index in [9.17, 15) is 9.59 Å². The number of para-hydroxylation sites is 1. The Morgan fingerprint density at radius 2 is 1.80 bits per heavy atom. The van der Waals surface area contributed by atoms with Crippen molar-refractivity contribution in [3.8, 4) is 0 Å². The molecule has 5 nitrogen and oxygen atoms in total. The fourth-order valence-corrected chi connectivity index (χ4v) is 2.96. The third kappa shape index (κ3) is 4.70. The van der Waals surface area contributed by atoms with Gasteiger partial charge < -0.3 is 5.11 Å². The summed E-state index contributed by atoms with van der Waals surface area (Å²) in [4.78, 5) is 27.2. The maximum atomic E-state index is 12.3. The van der Waals surface area contributed by atoms with Gasteiger partial charge in [0.15, 0.2) is 0 Å². The van der Waals surface area contributed by atoms with Gasteiger partial charge in [0.2, 0.25) is 5.91 Å². The molecule has 1 heterocycles. The number of benzene rings is 2. The number of aromatic carboxylic acids is 1. The second kappa shape index (κ2) is 8.63. The summed E-state index contributed by atoms with van der Waals surface area (Å²) in [6, 6.07) is 14.8. The molecular formula is C19H21N2NaO3. The first-order valence-electron chi connectivity index (χ1n) is 7.95. The molecule has 0 atom stereocenters. The monoisotopic (exact) mass is 348 g/mol. The van der Waals surface area contributed by atoms with Gasteiger partial charge in [0.1, 0.15) is 0 Å². The van der Waals surface area contributed by atoms with Gasteiger partial charge in [-0.15, -0.1) is 0 Å². The standard InChI is InChI=1S/C19H20N2O3.Na.H/c1-14-4-2-3-5-17(14)21-13-20(11-10-18(21)22)12-15-6-8-16(9-7-15)19(23)24;;/h2-9H,10-13H2,1H3,(H,23,24);;. The predicted molar refractivity (Wildman–Crippen MR) is 99.1 cm³/mol. The number of anilines is 1. The molecule has 1 N–H and O–H groups in total. The number of rotatable bonds is 4. The van der Waals surface area contributed by atoms with Gasteiger partial charge >= 0.3 is 35.5 Å². The van der Waals surface area contributed by atoms with Crippen LogP contribution in [0.15, 0.2) is 48.5 Å². The number of carboxylic acid groups (broad SMARTS) is 1. The number of hydrogen-bond acceptors (Lipinski definition) is 3. The zero-order chi connectivity index (χ0) is 17.1. The number of aryl methyl sites for hydroxylation is 1. The van der Waals surface area contributed by atoms with Gasteiger partial charge in [-0.05, 0) is 36.2 Å². The van der Waals surface area contributed by atoms with Gasteiger partial charge in [0.25, 0.3) is 0 Å². The molecule has 0 radical (unpaired) electrons. The van der Waals surface area contributed by atoms with Gasteiger partial charge in [0, 0.05) is 25.2 Å². The van der Waals surface area contributed by atoms with Crippen LogP contribution in [0.1, 0.15) is 27.9 Å². The number of carboxylic acids is 1. The normalized spacial score (nSPS) is 14.9. The van der Waals surface area contributed by atoms with Crippen LogP contribution in [0.2, 0.25) is 0 Å². The minimum atomic E-state index is -0.921. The van der Waals surface area contributed by atoms with Crippen molar-refractivity contribution >= 4 is 47.1 Å². The molecule has 25 heavy (non-hydrogen) atoms. The van der Waals surface area contributed by atoms with Crippen molar-refractivity contribution in [2.24, 2.45) is 0 Å². The van der Waals surface area contributed by atoms with Crippen molar-refractivity contribution < 1.29 is 14.7 Å². The van der Waals surface area contributed by atoms with Crippen LogP contribution >= 0.6 is 0 Å². The Hall–Kier alpha value is -1.66. The van der Waals surface area contributed by atoms with Crippen LogP contribution in [-0.2, 0) is 11.3 Å². The predicted octanol–water partition coefficient (Wildman–Crippen LogP) is 2.24. The summed E-state index contributed by atoms with van der Waals surface area (Å²) in [7, 11) is 0. The Kier molecular flexibility index (Phi) is 6.79. The van der Waals surface area contributed by atoms with Crippen LogP contribution in [0.25, 0.3) is 0 Å². The first kappa shape index (κ1) is 19.7. The van der Waals surface area contributed by atoms with Crippen molar-refractivity contribution in [3.05, 3.63) is 65.2 Å². The van der Waals surface area contributed by atoms with Crippen LogP contribution in [0.3, 0.4) is 0 Å². The van der Waals surface area contributed by atoms with E-state index in [0.717, 1.165) is 16.8 Å². The van der Waals surface area contributed by atoms with Crippen LogP contribution in [0.5, 0.6) is 0 Å². The third-order valence-corrected chi connectivity index (χ3v) is 4.30. The van der Waals surface area contributed by atoms with E-state index in [2.05, 4.69) is 4.90 Å². The molecule has 1 saturated heterocycles. The molecule has 126 valence electrons. The Morgan fingerprint density at radius 1 is 1.12 bits per heavy atom. The molecular weight excluding hydrogens is 327 g/mol. The van der Waals surface area contributed by atoms with Crippen LogP contribution in [0, 0.1) is 6.92 Å². The molecule has 0 spiro atoms. The fraction of sp³-hybridized carbons (Fsp3) is 0.263. The fourth-order valence-electron chi connectivity index (χ4n) is 2.96. The van der Waals surface area contributed by atoms with E-state index in [1.807, 2.05) is 48.2 Å². The Bertz CT molecular complexity index is 762. The first-order chi connectivity index (χ1) is 11.5. The van der Waals surface area contributed by atoms with E-state index >= 15 is 0 Å². The molecule has 1 amide bonds. The summed E-state index contributed by atoms with van der Waals surface area (Å²) in [6.07, 6.45) is 0.488. The second-order valence-electron chi connectivity index (χ2n) is 6.05. The number of amides is 1. The molecule has 0 aromatic heterocycles. The van der Waals surface area contributed by atoms with Crippen molar-refractivity contribution in [3.63, 3.8) is 0 Å². The molecule has 1 aliphatic rings. The molecule has 2 aromatic rings. The third-order valence-electron chi connectivity index (χ3n) is 4.30. The summed E-state index contributed by atoms with van der Waals surface area (Å²) >= 11 is 0. The van der Waals surface area contributed by atoms with Gasteiger partial charge in [-0.25, -0.2) is 4.79 Å². The van der Waals surface area contributed by atoms with E-state index in [1.54, 1.807) is 12.1 Å². The average Bonchev–Trinajstić information content (AvgIpc) is 2.58. The Morgan fingerprint density at radius 3 is 2.44 bits per heavy atom. The van der Waals surface area contributed by atoms with E-state index in [0.29, 0.717) is 26.2 Å². The van der Waals surface area contributed by atoms with Gasteiger partial charge in [-0.3, -0.25) is 14.6 Å². The molecule has 0 aliphatic carbocycles. The Balaban J connectivity index is 0.00000225. The van der Waals surface area contributed by atoms with Gasteiger partial charge in [-0.1, -0.05) is 30.3 Å². The van der Waals surface area contributed by atoms with Crippen molar-refractivity contribution in [2.45, 2.75) is 19.9 Å². The summed E-state index contributed by atoms with van der Waals surface area (Å²) < 4.78 is 0. The average molecular weight is 348 g/mol. The molecule has 6 heteroatoms.